The van der Waals surface area contributed by atoms with Crippen LogP contribution >= 0.6 is 0 Å². The van der Waals surface area contributed by atoms with Crippen molar-refractivity contribution in [1.29, 1.82) is 0 Å². The molecule has 4 nitrogen and oxygen atoms in total. The van der Waals surface area contributed by atoms with E-state index in [1.807, 2.05) is 19.1 Å². The van der Waals surface area contributed by atoms with Gasteiger partial charge in [0.25, 0.3) is 0 Å². The van der Waals surface area contributed by atoms with Gasteiger partial charge in [-0.25, -0.2) is 0 Å². The molecule has 1 aromatic heterocycles. The summed E-state index contributed by atoms with van der Waals surface area (Å²) < 4.78 is 0. The first-order chi connectivity index (χ1) is 11.0. The SMILES string of the molecule is CCN1CCN(Cc2c(C)[nH]c3c(C)c(C)ccc3c2=O)CC1. The van der Waals surface area contributed by atoms with E-state index in [-0.39, 0.29) is 5.43 Å². The van der Waals surface area contributed by atoms with Crippen molar-refractivity contribution in [3.05, 3.63) is 44.7 Å². The second-order valence-electron chi connectivity index (χ2n) is 6.70. The lowest BCUT2D eigenvalue weighted by atomic mass is 10.0. The quantitative estimate of drug-likeness (QED) is 0.947. The molecule has 1 N–H and O–H groups in total. The van der Waals surface area contributed by atoms with Crippen molar-refractivity contribution in [3.63, 3.8) is 0 Å². The van der Waals surface area contributed by atoms with E-state index in [4.69, 9.17) is 0 Å². The molecule has 1 saturated heterocycles. The molecule has 1 aromatic carbocycles. The van der Waals surface area contributed by atoms with E-state index in [0.29, 0.717) is 0 Å². The number of piperazine rings is 1. The van der Waals surface area contributed by atoms with E-state index < -0.39 is 0 Å². The summed E-state index contributed by atoms with van der Waals surface area (Å²) in [4.78, 5) is 21.3. The lowest BCUT2D eigenvalue weighted by Gasteiger charge is -2.34. The second-order valence-corrected chi connectivity index (χ2v) is 6.70. The summed E-state index contributed by atoms with van der Waals surface area (Å²) in [7, 11) is 0. The highest BCUT2D eigenvalue weighted by Gasteiger charge is 2.19. The number of fused-ring (bicyclic) bond motifs is 1. The van der Waals surface area contributed by atoms with Crippen molar-refractivity contribution in [3.8, 4) is 0 Å². The van der Waals surface area contributed by atoms with Crippen LogP contribution in [0.25, 0.3) is 10.9 Å². The number of hydrogen-bond acceptors (Lipinski definition) is 3. The molecule has 4 heteroatoms. The third kappa shape index (κ3) is 3.06. The number of nitrogens with one attached hydrogen (secondary N) is 1. The Bertz CT molecular complexity index is 770. The fourth-order valence-corrected chi connectivity index (χ4v) is 3.44. The molecule has 0 amide bonds. The number of rotatable bonds is 3. The first-order valence-corrected chi connectivity index (χ1v) is 8.57. The van der Waals surface area contributed by atoms with Crippen LogP contribution in [0.1, 0.15) is 29.3 Å². The number of pyridine rings is 1. The minimum Gasteiger partial charge on any atom is -0.358 e. The van der Waals surface area contributed by atoms with E-state index in [1.165, 1.54) is 11.1 Å². The minimum atomic E-state index is 0.192. The monoisotopic (exact) mass is 313 g/mol. The highest BCUT2D eigenvalue weighted by Crippen LogP contribution is 2.19. The Kier molecular flexibility index (Phi) is 4.55. The van der Waals surface area contributed by atoms with Gasteiger partial charge in [-0.05, 0) is 44.5 Å². The van der Waals surface area contributed by atoms with E-state index in [2.05, 4.69) is 35.6 Å². The number of aryl methyl sites for hydroxylation is 3. The Labute approximate surface area is 138 Å². The van der Waals surface area contributed by atoms with Gasteiger partial charge < -0.3 is 9.88 Å². The molecule has 1 fully saturated rings. The molecule has 0 aliphatic carbocycles. The van der Waals surface area contributed by atoms with Gasteiger partial charge in [0.2, 0.25) is 0 Å². The summed E-state index contributed by atoms with van der Waals surface area (Å²) in [5.41, 5.74) is 5.51. The zero-order valence-corrected chi connectivity index (χ0v) is 14.7. The van der Waals surface area contributed by atoms with E-state index in [9.17, 15) is 4.79 Å². The van der Waals surface area contributed by atoms with Gasteiger partial charge in [-0.2, -0.15) is 0 Å². The molecule has 0 unspecified atom stereocenters. The Morgan fingerprint density at radius 1 is 1.04 bits per heavy atom. The van der Waals surface area contributed by atoms with Crippen LogP contribution in [0.3, 0.4) is 0 Å². The Morgan fingerprint density at radius 2 is 1.70 bits per heavy atom. The van der Waals surface area contributed by atoms with Gasteiger partial charge in [0, 0.05) is 49.4 Å². The molecular formula is C19H27N3O. The van der Waals surface area contributed by atoms with Crippen LogP contribution in [-0.4, -0.2) is 47.5 Å². The number of aromatic nitrogens is 1. The third-order valence-corrected chi connectivity index (χ3v) is 5.31. The zero-order chi connectivity index (χ0) is 16.6. The Morgan fingerprint density at radius 3 is 2.35 bits per heavy atom. The molecule has 0 bridgehead atoms. The highest BCUT2D eigenvalue weighted by atomic mass is 16.1. The standard InChI is InChI=1S/C19H27N3O/c1-5-21-8-10-22(11-9-21)12-17-15(4)20-18-14(3)13(2)6-7-16(18)19(17)23/h6-7H,5,8-12H2,1-4H3,(H,20,23). The molecule has 23 heavy (non-hydrogen) atoms. The van der Waals surface area contributed by atoms with Gasteiger partial charge in [-0.3, -0.25) is 9.69 Å². The van der Waals surface area contributed by atoms with Crippen molar-refractivity contribution < 1.29 is 0 Å². The van der Waals surface area contributed by atoms with Gasteiger partial charge in [-0.1, -0.05) is 13.0 Å². The summed E-state index contributed by atoms with van der Waals surface area (Å²) in [5, 5.41) is 0.820. The normalized spacial score (nSPS) is 17.0. The van der Waals surface area contributed by atoms with Crippen molar-refractivity contribution in [2.24, 2.45) is 0 Å². The van der Waals surface area contributed by atoms with Crippen LogP contribution in [0.2, 0.25) is 0 Å². The number of nitrogens with zero attached hydrogens (tertiary/aromatic N) is 2. The molecule has 2 aromatic rings. The summed E-state index contributed by atoms with van der Waals surface area (Å²) in [6.07, 6.45) is 0. The van der Waals surface area contributed by atoms with Gasteiger partial charge in [0.05, 0.1) is 5.52 Å². The molecule has 3 rings (SSSR count). The topological polar surface area (TPSA) is 39.3 Å². The maximum Gasteiger partial charge on any atom is 0.194 e. The second kappa shape index (κ2) is 6.46. The summed E-state index contributed by atoms with van der Waals surface area (Å²) in [6.45, 7) is 14.5. The third-order valence-electron chi connectivity index (χ3n) is 5.31. The fraction of sp³-hybridized carbons (Fsp3) is 0.526. The average molecular weight is 313 g/mol. The van der Waals surface area contributed by atoms with Crippen molar-refractivity contribution in [2.45, 2.75) is 34.2 Å². The average Bonchev–Trinajstić information content (AvgIpc) is 2.56. The largest absolute Gasteiger partial charge is 0.358 e. The molecule has 1 aliphatic rings. The van der Waals surface area contributed by atoms with Gasteiger partial charge >= 0.3 is 0 Å². The Hall–Kier alpha value is -1.65. The van der Waals surface area contributed by atoms with Crippen LogP contribution in [0.4, 0.5) is 0 Å². The van der Waals surface area contributed by atoms with Crippen LogP contribution in [0.15, 0.2) is 16.9 Å². The summed E-state index contributed by atoms with van der Waals surface area (Å²) in [6, 6.07) is 4.01. The van der Waals surface area contributed by atoms with Crippen molar-refractivity contribution in [1.82, 2.24) is 14.8 Å². The first kappa shape index (κ1) is 16.2. The maximum absolute atomic E-state index is 12.9. The zero-order valence-electron chi connectivity index (χ0n) is 14.7. The number of benzene rings is 1. The number of H-pyrrole nitrogens is 1. The maximum atomic E-state index is 12.9. The van der Waals surface area contributed by atoms with E-state index in [0.717, 1.165) is 61.4 Å². The fourth-order valence-electron chi connectivity index (χ4n) is 3.44. The van der Waals surface area contributed by atoms with Crippen LogP contribution in [0, 0.1) is 20.8 Å². The molecular weight excluding hydrogens is 286 g/mol. The summed E-state index contributed by atoms with van der Waals surface area (Å²) in [5.74, 6) is 0. The lowest BCUT2D eigenvalue weighted by Crippen LogP contribution is -2.46. The van der Waals surface area contributed by atoms with Gasteiger partial charge in [0.1, 0.15) is 0 Å². The Balaban J connectivity index is 1.93. The van der Waals surface area contributed by atoms with Crippen LogP contribution in [-0.2, 0) is 6.54 Å². The van der Waals surface area contributed by atoms with Crippen molar-refractivity contribution >= 4 is 10.9 Å². The van der Waals surface area contributed by atoms with E-state index >= 15 is 0 Å². The molecule has 0 atom stereocenters. The number of aromatic amines is 1. The lowest BCUT2D eigenvalue weighted by molar-refractivity contribution is 0.131. The molecule has 0 saturated carbocycles. The minimum absolute atomic E-state index is 0.192. The van der Waals surface area contributed by atoms with Crippen molar-refractivity contribution in [2.75, 3.05) is 32.7 Å². The van der Waals surface area contributed by atoms with Crippen LogP contribution in [0.5, 0.6) is 0 Å². The predicted octanol–water partition coefficient (Wildman–Crippen LogP) is 2.59. The number of hydrogen-bond donors (Lipinski definition) is 1. The molecule has 2 heterocycles. The van der Waals surface area contributed by atoms with Gasteiger partial charge in [0.15, 0.2) is 5.43 Å². The molecule has 124 valence electrons. The number of likely N-dealkylation sites (N-methyl/N-ethyl adjacent to an activating group) is 1. The van der Waals surface area contributed by atoms with Crippen LogP contribution < -0.4 is 5.43 Å². The first-order valence-electron chi connectivity index (χ1n) is 8.57. The summed E-state index contributed by atoms with van der Waals surface area (Å²) >= 11 is 0. The predicted molar refractivity (Wildman–Crippen MR) is 96.2 cm³/mol. The molecule has 0 spiro atoms. The highest BCUT2D eigenvalue weighted by molar-refractivity contribution is 5.83. The van der Waals surface area contributed by atoms with Gasteiger partial charge in [-0.15, -0.1) is 0 Å². The van der Waals surface area contributed by atoms with E-state index in [1.54, 1.807) is 0 Å². The molecule has 1 aliphatic heterocycles. The smallest absolute Gasteiger partial charge is 0.194 e. The molecule has 0 radical (unpaired) electrons.